The summed E-state index contributed by atoms with van der Waals surface area (Å²) in [4.78, 5) is 31.3. The first-order valence-electron chi connectivity index (χ1n) is 10.2. The Morgan fingerprint density at radius 1 is 0.781 bits per heavy atom. The Labute approximate surface area is 193 Å². The van der Waals surface area contributed by atoms with Crippen LogP contribution in [0.15, 0.2) is 12.1 Å². The molecule has 11 heteroatoms. The average molecular weight is 498 g/mol. The summed E-state index contributed by atoms with van der Waals surface area (Å²) in [5, 5.41) is 40.7. The van der Waals surface area contributed by atoms with Gasteiger partial charge in [-0.1, -0.05) is 60.6 Å². The zero-order valence-corrected chi connectivity index (χ0v) is 21.7. The maximum absolute atomic E-state index is 11.2. The van der Waals surface area contributed by atoms with E-state index in [0.29, 0.717) is 5.56 Å². The Hall–Kier alpha value is -0.280. The molecule has 0 aromatic heterocycles. The fourth-order valence-electron chi connectivity index (χ4n) is 3.23. The van der Waals surface area contributed by atoms with Crippen molar-refractivity contribution in [2.24, 2.45) is 5.41 Å². The molecule has 0 aliphatic carbocycles. The summed E-state index contributed by atoms with van der Waals surface area (Å²) in [5.41, 5.74) is 2.05. The normalized spacial score (nSPS) is 13.9. The van der Waals surface area contributed by atoms with Crippen LogP contribution in [0.3, 0.4) is 0 Å². The Morgan fingerprint density at radius 3 is 1.31 bits per heavy atom. The molecule has 0 amide bonds. The molecule has 0 aliphatic rings. The van der Waals surface area contributed by atoms with Gasteiger partial charge in [-0.15, -0.1) is 0 Å². The maximum atomic E-state index is 11.2. The van der Waals surface area contributed by atoms with Gasteiger partial charge in [-0.25, -0.2) is 4.31 Å². The topological polar surface area (TPSA) is 171 Å². The van der Waals surface area contributed by atoms with Crippen LogP contribution in [0, 0.1) is 5.41 Å². The van der Waals surface area contributed by atoms with E-state index in [1.54, 1.807) is 0 Å². The molecule has 9 nitrogen and oxygen atoms in total. The van der Waals surface area contributed by atoms with Crippen molar-refractivity contribution in [3.05, 3.63) is 34.4 Å². The lowest BCUT2D eigenvalue weighted by molar-refractivity contribution is -0.0862. The summed E-state index contributed by atoms with van der Waals surface area (Å²) in [6.45, 7) is 13.1. The van der Waals surface area contributed by atoms with Crippen LogP contribution >= 0.6 is 17.2 Å². The zero-order chi connectivity index (χ0) is 25.5. The summed E-state index contributed by atoms with van der Waals surface area (Å²) in [6, 6.07) is 4.20. The summed E-state index contributed by atoms with van der Waals surface area (Å²) in [7, 11) is -5.22. The highest BCUT2D eigenvalue weighted by atomic mass is 31.2. The third-order valence-corrected chi connectivity index (χ3v) is 6.38. The first-order chi connectivity index (χ1) is 14.5. The van der Waals surface area contributed by atoms with Crippen LogP contribution in [0.1, 0.15) is 76.8 Å². The number of aryl methyl sites for hydroxylation is 1. The van der Waals surface area contributed by atoms with Crippen molar-refractivity contribution in [1.82, 2.24) is 0 Å². The lowest BCUT2D eigenvalue weighted by Gasteiger charge is -2.39. The van der Waals surface area contributed by atoms with Crippen molar-refractivity contribution in [2.45, 2.75) is 71.8 Å². The number of benzene rings is 1. The molecule has 1 aromatic carbocycles. The molecule has 188 valence electrons. The second-order valence-corrected chi connectivity index (χ2v) is 11.4. The van der Waals surface area contributed by atoms with E-state index in [0.717, 1.165) is 17.5 Å². The quantitative estimate of drug-likeness (QED) is 0.250. The van der Waals surface area contributed by atoms with Gasteiger partial charge in [0.05, 0.1) is 31.3 Å². The average Bonchev–Trinajstić information content (AvgIpc) is 2.66. The first kappa shape index (κ1) is 31.7. The van der Waals surface area contributed by atoms with Crippen molar-refractivity contribution < 1.29 is 44.3 Å². The van der Waals surface area contributed by atoms with E-state index in [1.165, 1.54) is 5.56 Å². The summed E-state index contributed by atoms with van der Waals surface area (Å²) in [6.07, 6.45) is -0.282. The van der Waals surface area contributed by atoms with Crippen molar-refractivity contribution in [3.63, 3.8) is 0 Å². The molecule has 0 saturated carbocycles. The fourth-order valence-corrected chi connectivity index (χ4v) is 3.76. The summed E-state index contributed by atoms with van der Waals surface area (Å²) >= 11 is 0. The molecule has 0 bridgehead atoms. The van der Waals surface area contributed by atoms with Crippen LogP contribution in [0.25, 0.3) is 0 Å². The highest BCUT2D eigenvalue weighted by molar-refractivity contribution is 7.53. The van der Waals surface area contributed by atoms with E-state index >= 15 is 0 Å². The molecule has 0 spiro atoms. The van der Waals surface area contributed by atoms with E-state index < -0.39 is 48.5 Å². The smallest absolute Gasteiger partial charge is 0.334 e. The van der Waals surface area contributed by atoms with Gasteiger partial charge in [0.1, 0.15) is 0 Å². The van der Waals surface area contributed by atoms with Crippen LogP contribution in [0.2, 0.25) is 0 Å². The predicted molar refractivity (Wildman–Crippen MR) is 126 cm³/mol. The van der Waals surface area contributed by atoms with E-state index in [1.807, 2.05) is 0 Å². The SMILES string of the molecule is CCc1cc(C(C)(C)C)c(C(O)C(CO)(CO)CO)c(C(C)(C)C)c1.OP(O)OP(O)O. The van der Waals surface area contributed by atoms with Crippen LogP contribution in [0.4, 0.5) is 0 Å². The lowest BCUT2D eigenvalue weighted by atomic mass is 9.69. The number of rotatable bonds is 8. The van der Waals surface area contributed by atoms with Gasteiger partial charge in [-0.3, -0.25) is 0 Å². The van der Waals surface area contributed by atoms with Gasteiger partial charge in [0.2, 0.25) is 0 Å². The monoisotopic (exact) mass is 498 g/mol. The molecule has 0 aliphatic heterocycles. The van der Waals surface area contributed by atoms with E-state index in [-0.39, 0.29) is 10.8 Å². The largest absolute Gasteiger partial charge is 0.395 e. The molecule has 0 fully saturated rings. The standard InChI is InChI=1S/C21H36O4.H4O5P2/c1-8-14-9-15(19(2,3)4)17(16(10-14)20(5,6)7)18(25)21(11-22,12-23)13-24;1-6(2)5-7(3)4/h9-10,18,22-25H,8,11-13H2,1-7H3;1-4H. The maximum Gasteiger partial charge on any atom is 0.334 e. The van der Waals surface area contributed by atoms with Gasteiger partial charge in [0.15, 0.2) is 0 Å². The molecule has 32 heavy (non-hydrogen) atoms. The second kappa shape index (κ2) is 13.0. The van der Waals surface area contributed by atoms with E-state index in [4.69, 9.17) is 19.6 Å². The van der Waals surface area contributed by atoms with Crippen molar-refractivity contribution in [3.8, 4) is 0 Å². The number of aliphatic hydroxyl groups is 4. The van der Waals surface area contributed by atoms with Crippen LogP contribution in [-0.4, -0.2) is 59.8 Å². The van der Waals surface area contributed by atoms with Gasteiger partial charge < -0.3 is 40.0 Å². The molecule has 1 aromatic rings. The molecule has 0 heterocycles. The minimum absolute atomic E-state index is 0.229. The molecule has 1 rings (SSSR count). The van der Waals surface area contributed by atoms with Crippen molar-refractivity contribution in [2.75, 3.05) is 19.8 Å². The first-order valence-corrected chi connectivity index (χ1v) is 12.6. The van der Waals surface area contributed by atoms with E-state index in [2.05, 4.69) is 64.9 Å². The van der Waals surface area contributed by atoms with Crippen molar-refractivity contribution in [1.29, 1.82) is 0 Å². The zero-order valence-electron chi connectivity index (χ0n) is 19.9. The lowest BCUT2D eigenvalue weighted by Crippen LogP contribution is -2.42. The van der Waals surface area contributed by atoms with Crippen LogP contribution < -0.4 is 0 Å². The summed E-state index contributed by atoms with van der Waals surface area (Å²) in [5.74, 6) is 0. The van der Waals surface area contributed by atoms with Gasteiger partial charge in [-0.05, 0) is 39.5 Å². The number of hydrogen-bond donors (Lipinski definition) is 8. The van der Waals surface area contributed by atoms with Gasteiger partial charge in [-0.2, -0.15) is 0 Å². The Kier molecular flexibility index (Phi) is 12.9. The van der Waals surface area contributed by atoms with Crippen LogP contribution in [0.5, 0.6) is 0 Å². The predicted octanol–water partition coefficient (Wildman–Crippen LogP) is 2.27. The fraction of sp³-hybridized carbons (Fsp3) is 0.714. The number of hydrogen-bond acceptors (Lipinski definition) is 9. The Balaban J connectivity index is 0.00000118. The number of aliphatic hydroxyl groups excluding tert-OH is 4. The minimum Gasteiger partial charge on any atom is -0.395 e. The molecule has 0 radical (unpaired) electrons. The molecule has 8 N–H and O–H groups in total. The minimum atomic E-state index is -2.61. The van der Waals surface area contributed by atoms with Crippen molar-refractivity contribution >= 4 is 17.2 Å². The highest BCUT2D eigenvalue weighted by Crippen LogP contribution is 2.44. The second-order valence-electron chi connectivity index (χ2n) is 9.78. The highest BCUT2D eigenvalue weighted by Gasteiger charge is 2.42. The third kappa shape index (κ3) is 8.82. The Morgan fingerprint density at radius 2 is 1.12 bits per heavy atom. The van der Waals surface area contributed by atoms with Gasteiger partial charge in [0, 0.05) is 0 Å². The molecule has 1 unspecified atom stereocenters. The van der Waals surface area contributed by atoms with E-state index in [9.17, 15) is 20.4 Å². The van der Waals surface area contributed by atoms with Crippen LogP contribution in [-0.2, 0) is 21.6 Å². The Bertz CT molecular complexity index is 644. The van der Waals surface area contributed by atoms with Gasteiger partial charge in [0.25, 0.3) is 0 Å². The van der Waals surface area contributed by atoms with Gasteiger partial charge >= 0.3 is 17.2 Å². The molecule has 0 saturated heterocycles. The molecular formula is C21H40O9P2. The molecular weight excluding hydrogens is 458 g/mol. The third-order valence-electron chi connectivity index (χ3n) is 5.21. The molecule has 1 atom stereocenters. The summed E-state index contributed by atoms with van der Waals surface area (Å²) < 4.78 is 3.60.